The monoisotopic (exact) mass is 445 g/mol. The molecule has 3 heterocycles. The number of halogens is 1. The van der Waals surface area contributed by atoms with Gasteiger partial charge in [0.15, 0.2) is 0 Å². The molecule has 0 bridgehead atoms. The maximum atomic E-state index is 12.7. The molecule has 2 aliphatic heterocycles. The first-order valence-corrected chi connectivity index (χ1v) is 10.8. The number of fused-ring (bicyclic) bond motifs is 1. The van der Waals surface area contributed by atoms with Crippen molar-refractivity contribution >= 4 is 46.6 Å². The van der Waals surface area contributed by atoms with Crippen molar-refractivity contribution in [1.82, 2.24) is 15.5 Å². The molecule has 1 unspecified atom stereocenters. The second kappa shape index (κ2) is 8.20. The predicted octanol–water partition coefficient (Wildman–Crippen LogP) is 2.33. The molecule has 30 heavy (non-hydrogen) atoms. The highest BCUT2D eigenvalue weighted by molar-refractivity contribution is 7.12. The van der Waals surface area contributed by atoms with Crippen molar-refractivity contribution in [2.45, 2.75) is 45.3 Å². The summed E-state index contributed by atoms with van der Waals surface area (Å²) in [5, 5.41) is 7.68. The Bertz CT molecular complexity index is 1060. The Hall–Kier alpha value is -2.71. The topological polar surface area (TPSA) is 95.6 Å². The van der Waals surface area contributed by atoms with E-state index in [4.69, 9.17) is 11.6 Å². The molecule has 2 aliphatic rings. The number of amides is 4. The lowest BCUT2D eigenvalue weighted by molar-refractivity contribution is -0.137. The van der Waals surface area contributed by atoms with Crippen LogP contribution in [0.2, 0.25) is 5.02 Å². The van der Waals surface area contributed by atoms with Gasteiger partial charge in [0.1, 0.15) is 6.04 Å². The van der Waals surface area contributed by atoms with Gasteiger partial charge in [0.25, 0.3) is 5.91 Å². The molecule has 7 nitrogen and oxygen atoms in total. The van der Waals surface area contributed by atoms with Crippen molar-refractivity contribution < 1.29 is 19.2 Å². The number of carbonyl (C=O) groups is 4. The molecule has 1 fully saturated rings. The van der Waals surface area contributed by atoms with Crippen LogP contribution in [-0.4, -0.2) is 34.6 Å². The summed E-state index contributed by atoms with van der Waals surface area (Å²) in [6, 6.07) is 4.91. The average molecular weight is 446 g/mol. The minimum Gasteiger partial charge on any atom is -0.352 e. The third-order valence-corrected chi connectivity index (χ3v) is 6.89. The average Bonchev–Trinajstić information content (AvgIpc) is 3.23. The zero-order valence-corrected chi connectivity index (χ0v) is 17.9. The van der Waals surface area contributed by atoms with E-state index >= 15 is 0 Å². The maximum absolute atomic E-state index is 12.7. The van der Waals surface area contributed by atoms with Crippen LogP contribution in [0.25, 0.3) is 0 Å². The van der Waals surface area contributed by atoms with E-state index in [1.54, 1.807) is 6.07 Å². The van der Waals surface area contributed by atoms with Gasteiger partial charge in [0, 0.05) is 30.1 Å². The Balaban J connectivity index is 1.39. The zero-order valence-electron chi connectivity index (χ0n) is 16.3. The lowest BCUT2D eigenvalue weighted by Crippen LogP contribution is -2.52. The first-order chi connectivity index (χ1) is 14.3. The first-order valence-electron chi connectivity index (χ1n) is 9.59. The molecule has 2 N–H and O–H groups in total. The van der Waals surface area contributed by atoms with Gasteiger partial charge in [-0.2, -0.15) is 0 Å². The van der Waals surface area contributed by atoms with Crippen LogP contribution in [0.3, 0.4) is 0 Å². The second-order valence-electron chi connectivity index (χ2n) is 7.51. The highest BCUT2D eigenvalue weighted by atomic mass is 35.5. The summed E-state index contributed by atoms with van der Waals surface area (Å²) in [7, 11) is 0. The summed E-state index contributed by atoms with van der Waals surface area (Å²) < 4.78 is 0. The van der Waals surface area contributed by atoms with Crippen LogP contribution in [0.5, 0.6) is 0 Å². The number of benzene rings is 1. The molecule has 1 saturated heterocycles. The van der Waals surface area contributed by atoms with Crippen molar-refractivity contribution in [3.8, 4) is 0 Å². The molecule has 1 atom stereocenters. The second-order valence-corrected chi connectivity index (χ2v) is 8.79. The number of aryl methyl sites for hydroxylation is 1. The Morgan fingerprint density at radius 1 is 1.33 bits per heavy atom. The van der Waals surface area contributed by atoms with E-state index in [1.807, 2.05) is 24.4 Å². The SMILES string of the molecule is Cc1ccc(CC(=O)NCc2csc3c2CN(C2CCC(=O)NC2=O)C3=O)cc1Cl. The van der Waals surface area contributed by atoms with Crippen LogP contribution in [0.4, 0.5) is 0 Å². The minimum absolute atomic E-state index is 0.138. The third-order valence-electron chi connectivity index (χ3n) is 5.43. The fourth-order valence-electron chi connectivity index (χ4n) is 3.71. The van der Waals surface area contributed by atoms with Crippen LogP contribution in [-0.2, 0) is 33.9 Å². The van der Waals surface area contributed by atoms with E-state index in [1.165, 1.54) is 16.2 Å². The van der Waals surface area contributed by atoms with Crippen LogP contribution >= 0.6 is 22.9 Å². The van der Waals surface area contributed by atoms with Crippen molar-refractivity contribution in [2.75, 3.05) is 0 Å². The van der Waals surface area contributed by atoms with Crippen molar-refractivity contribution in [3.05, 3.63) is 55.7 Å². The maximum Gasteiger partial charge on any atom is 0.265 e. The quantitative estimate of drug-likeness (QED) is 0.690. The van der Waals surface area contributed by atoms with Gasteiger partial charge in [-0.3, -0.25) is 24.5 Å². The third kappa shape index (κ3) is 3.97. The van der Waals surface area contributed by atoms with Crippen LogP contribution in [0, 0.1) is 6.92 Å². The number of carbonyl (C=O) groups excluding carboxylic acids is 4. The molecule has 0 aliphatic carbocycles. The standard InChI is InChI=1S/C21H20ClN3O4S/c1-11-2-3-12(6-15(11)22)7-18(27)23-8-13-10-30-19-14(13)9-25(21(19)29)16-4-5-17(26)24-20(16)28/h2-3,6,10,16H,4-5,7-9H2,1H3,(H,23,27)(H,24,26,28). The number of hydrogen-bond donors (Lipinski definition) is 2. The fraction of sp³-hybridized carbons (Fsp3) is 0.333. The van der Waals surface area contributed by atoms with E-state index in [0.29, 0.717) is 29.4 Å². The molecule has 4 rings (SSSR count). The van der Waals surface area contributed by atoms with Gasteiger partial charge in [0.2, 0.25) is 17.7 Å². The van der Waals surface area contributed by atoms with E-state index < -0.39 is 11.9 Å². The van der Waals surface area contributed by atoms with Crippen LogP contribution in [0.1, 0.15) is 44.8 Å². The molecule has 4 amide bonds. The van der Waals surface area contributed by atoms with Gasteiger partial charge in [-0.15, -0.1) is 11.3 Å². The molecule has 0 saturated carbocycles. The summed E-state index contributed by atoms with van der Waals surface area (Å²) in [6.45, 7) is 2.52. The minimum atomic E-state index is -0.636. The highest BCUT2D eigenvalue weighted by Crippen LogP contribution is 2.34. The number of hydrogen-bond acceptors (Lipinski definition) is 5. The van der Waals surface area contributed by atoms with E-state index in [-0.39, 0.29) is 30.6 Å². The molecular weight excluding hydrogens is 426 g/mol. The van der Waals surface area contributed by atoms with Gasteiger partial charge >= 0.3 is 0 Å². The van der Waals surface area contributed by atoms with Gasteiger partial charge < -0.3 is 10.2 Å². The molecule has 0 spiro atoms. The lowest BCUT2D eigenvalue weighted by Gasteiger charge is -2.29. The number of thiophene rings is 1. The summed E-state index contributed by atoms with van der Waals surface area (Å²) in [5.41, 5.74) is 3.50. The lowest BCUT2D eigenvalue weighted by atomic mass is 10.0. The number of nitrogens with one attached hydrogen (secondary N) is 2. The van der Waals surface area contributed by atoms with Crippen molar-refractivity contribution in [3.63, 3.8) is 0 Å². The molecular formula is C21H20ClN3O4S. The number of piperidine rings is 1. The van der Waals surface area contributed by atoms with Gasteiger partial charge in [-0.1, -0.05) is 23.7 Å². The molecule has 0 radical (unpaired) electrons. The van der Waals surface area contributed by atoms with E-state index in [9.17, 15) is 19.2 Å². The highest BCUT2D eigenvalue weighted by Gasteiger charge is 2.40. The molecule has 1 aromatic carbocycles. The number of rotatable bonds is 5. The Labute approximate surface area is 182 Å². The van der Waals surface area contributed by atoms with Gasteiger partial charge in [-0.05, 0) is 41.5 Å². The number of nitrogens with zero attached hydrogens (tertiary/aromatic N) is 1. The zero-order chi connectivity index (χ0) is 21.4. The molecule has 156 valence electrons. The fourth-order valence-corrected chi connectivity index (χ4v) is 4.96. The van der Waals surface area contributed by atoms with Gasteiger partial charge in [0.05, 0.1) is 11.3 Å². The van der Waals surface area contributed by atoms with Crippen LogP contribution < -0.4 is 10.6 Å². The molecule has 1 aromatic heterocycles. The Morgan fingerprint density at radius 2 is 2.13 bits per heavy atom. The largest absolute Gasteiger partial charge is 0.352 e. The van der Waals surface area contributed by atoms with E-state index in [0.717, 1.165) is 22.3 Å². The Morgan fingerprint density at radius 3 is 2.87 bits per heavy atom. The molecule has 2 aromatic rings. The predicted molar refractivity (Wildman–Crippen MR) is 112 cm³/mol. The first kappa shape index (κ1) is 20.6. The Kier molecular flexibility index (Phi) is 5.62. The summed E-state index contributed by atoms with van der Waals surface area (Å²) in [6.07, 6.45) is 0.768. The smallest absolute Gasteiger partial charge is 0.265 e. The van der Waals surface area contributed by atoms with Crippen molar-refractivity contribution in [2.24, 2.45) is 0 Å². The summed E-state index contributed by atoms with van der Waals surface area (Å²) >= 11 is 7.43. The van der Waals surface area contributed by atoms with Gasteiger partial charge in [-0.25, -0.2) is 0 Å². The summed E-state index contributed by atoms with van der Waals surface area (Å²) in [5.74, 6) is -1.07. The summed E-state index contributed by atoms with van der Waals surface area (Å²) in [4.78, 5) is 50.7. The van der Waals surface area contributed by atoms with Crippen molar-refractivity contribution in [1.29, 1.82) is 0 Å². The van der Waals surface area contributed by atoms with E-state index in [2.05, 4.69) is 10.6 Å². The number of imide groups is 1. The van der Waals surface area contributed by atoms with Crippen LogP contribution in [0.15, 0.2) is 23.6 Å². The normalized spacial score (nSPS) is 18.4. The molecule has 9 heteroatoms.